The maximum Gasteiger partial charge on any atom is 0.410 e. The van der Waals surface area contributed by atoms with E-state index < -0.39 is 39.8 Å². The van der Waals surface area contributed by atoms with E-state index in [1.54, 1.807) is 25.1 Å². The number of carbonyl (C=O) groups is 1. The highest BCUT2D eigenvalue weighted by molar-refractivity contribution is 7.88. The third-order valence-corrected chi connectivity index (χ3v) is 5.76. The molecule has 0 aliphatic carbocycles. The van der Waals surface area contributed by atoms with Crippen molar-refractivity contribution < 1.29 is 26.7 Å². The number of nitrogens with zero attached hydrogens (tertiary/aromatic N) is 1. The lowest BCUT2D eigenvalue weighted by molar-refractivity contribution is 0.101. The van der Waals surface area contributed by atoms with Gasteiger partial charge in [-0.15, -0.1) is 0 Å². The van der Waals surface area contributed by atoms with Crippen LogP contribution < -0.4 is 4.72 Å². The molecule has 30 heavy (non-hydrogen) atoms. The molecule has 0 radical (unpaired) electrons. The molecule has 1 saturated heterocycles. The van der Waals surface area contributed by atoms with Crippen LogP contribution >= 0.6 is 0 Å². The second kappa shape index (κ2) is 9.09. The Morgan fingerprint density at radius 3 is 2.67 bits per heavy atom. The molecule has 0 aromatic heterocycles. The summed E-state index contributed by atoms with van der Waals surface area (Å²) >= 11 is 0. The predicted octanol–water partition coefficient (Wildman–Crippen LogP) is 3.32. The molecule has 2 atom stereocenters. The number of rotatable bonds is 6. The Morgan fingerprint density at radius 1 is 1.23 bits per heavy atom. The molecule has 2 aromatic rings. The Bertz CT molecular complexity index is 1030. The van der Waals surface area contributed by atoms with Crippen LogP contribution in [0.1, 0.15) is 18.9 Å². The zero-order chi connectivity index (χ0) is 21.9. The van der Waals surface area contributed by atoms with E-state index in [9.17, 15) is 22.0 Å². The average molecular weight is 438 g/mol. The molecule has 1 N–H and O–H groups in total. The van der Waals surface area contributed by atoms with Crippen LogP contribution in [0, 0.1) is 11.6 Å². The first-order valence-electron chi connectivity index (χ1n) is 9.63. The number of likely N-dealkylation sites (tertiary alicyclic amines) is 1. The van der Waals surface area contributed by atoms with Crippen LogP contribution in [0.4, 0.5) is 13.6 Å². The van der Waals surface area contributed by atoms with Crippen LogP contribution in [-0.2, 0) is 21.2 Å². The van der Waals surface area contributed by atoms with Gasteiger partial charge in [0.15, 0.2) is 0 Å². The van der Waals surface area contributed by atoms with Gasteiger partial charge in [0.1, 0.15) is 11.6 Å². The molecule has 9 heteroatoms. The van der Waals surface area contributed by atoms with Crippen LogP contribution in [-0.4, -0.2) is 50.9 Å². The van der Waals surface area contributed by atoms with E-state index in [4.69, 9.17) is 4.74 Å². The Kier molecular flexibility index (Phi) is 6.72. The van der Waals surface area contributed by atoms with Crippen molar-refractivity contribution in [2.24, 2.45) is 0 Å². The normalized spacial score (nSPS) is 19.1. The van der Waals surface area contributed by atoms with Crippen molar-refractivity contribution in [2.75, 3.05) is 19.4 Å². The summed E-state index contributed by atoms with van der Waals surface area (Å²) in [5.41, 5.74) is 1.33. The van der Waals surface area contributed by atoms with E-state index in [1.807, 2.05) is 0 Å². The predicted molar refractivity (Wildman–Crippen MR) is 109 cm³/mol. The number of hydrogen-bond acceptors (Lipinski definition) is 4. The summed E-state index contributed by atoms with van der Waals surface area (Å²) in [6.07, 6.45) is 1.27. The fourth-order valence-corrected chi connectivity index (χ4v) is 4.59. The lowest BCUT2D eigenvalue weighted by Crippen LogP contribution is -2.47. The first kappa shape index (κ1) is 22.2. The number of carbonyl (C=O) groups excluding carboxylic acids is 1. The van der Waals surface area contributed by atoms with Crippen LogP contribution in [0.5, 0.6) is 0 Å². The molecule has 2 unspecified atom stereocenters. The van der Waals surface area contributed by atoms with Crippen LogP contribution in [0.15, 0.2) is 42.5 Å². The molecular formula is C21H24F2N2O4S. The van der Waals surface area contributed by atoms with Crippen molar-refractivity contribution in [1.82, 2.24) is 9.62 Å². The number of amides is 1. The van der Waals surface area contributed by atoms with Gasteiger partial charge in [0.2, 0.25) is 10.0 Å². The van der Waals surface area contributed by atoms with E-state index in [-0.39, 0.29) is 18.6 Å². The summed E-state index contributed by atoms with van der Waals surface area (Å²) in [4.78, 5) is 13.9. The second-order valence-electron chi connectivity index (χ2n) is 7.27. The van der Waals surface area contributed by atoms with Crippen molar-refractivity contribution in [3.63, 3.8) is 0 Å². The lowest BCUT2D eigenvalue weighted by Gasteiger charge is -2.28. The molecule has 3 rings (SSSR count). The van der Waals surface area contributed by atoms with E-state index in [0.29, 0.717) is 24.1 Å². The Labute approximate surface area is 174 Å². The highest BCUT2D eigenvalue weighted by Gasteiger charge is 2.39. The fourth-order valence-electron chi connectivity index (χ4n) is 3.77. The van der Waals surface area contributed by atoms with Gasteiger partial charge >= 0.3 is 6.09 Å². The standard InChI is InChI=1S/C21H24F2N2O4S/c1-3-29-21(26)25-10-9-19(24-30(2,27)28)20(25)12-14-7-8-18(23)17(11-14)15-5-4-6-16(22)13-15/h4-8,11,13,19-20,24H,3,9-10,12H2,1-2H3. The summed E-state index contributed by atoms with van der Waals surface area (Å²) in [6, 6.07) is 9.12. The molecule has 1 aliphatic rings. The van der Waals surface area contributed by atoms with Crippen LogP contribution in [0.2, 0.25) is 0 Å². The number of benzene rings is 2. The lowest BCUT2D eigenvalue weighted by atomic mass is 9.96. The van der Waals surface area contributed by atoms with E-state index in [0.717, 1.165) is 6.26 Å². The number of ether oxygens (including phenoxy) is 1. The molecule has 2 aromatic carbocycles. The SMILES string of the molecule is CCOC(=O)N1CCC(NS(C)(=O)=O)C1Cc1ccc(F)c(-c2cccc(F)c2)c1. The minimum Gasteiger partial charge on any atom is -0.450 e. The average Bonchev–Trinajstić information content (AvgIpc) is 3.04. The van der Waals surface area contributed by atoms with Crippen molar-refractivity contribution in [1.29, 1.82) is 0 Å². The molecule has 0 spiro atoms. The number of halogens is 2. The van der Waals surface area contributed by atoms with Gasteiger partial charge in [-0.3, -0.25) is 0 Å². The molecule has 0 saturated carbocycles. The Balaban J connectivity index is 1.91. The third-order valence-electron chi connectivity index (χ3n) is 5.02. The number of nitrogens with one attached hydrogen (secondary N) is 1. The minimum atomic E-state index is -3.49. The smallest absolute Gasteiger partial charge is 0.410 e. The maximum atomic E-state index is 14.4. The molecule has 0 bridgehead atoms. The molecule has 1 amide bonds. The largest absolute Gasteiger partial charge is 0.450 e. The summed E-state index contributed by atoms with van der Waals surface area (Å²) in [5, 5.41) is 0. The summed E-state index contributed by atoms with van der Waals surface area (Å²) < 4.78 is 59.2. The van der Waals surface area contributed by atoms with Crippen LogP contribution in [0.3, 0.4) is 0 Å². The van der Waals surface area contributed by atoms with Gasteiger partial charge in [-0.1, -0.05) is 18.2 Å². The summed E-state index contributed by atoms with van der Waals surface area (Å²) in [7, 11) is -3.49. The van der Waals surface area contributed by atoms with Crippen molar-refractivity contribution >= 4 is 16.1 Å². The Hall–Kier alpha value is -2.52. The van der Waals surface area contributed by atoms with Gasteiger partial charge in [0.05, 0.1) is 18.9 Å². The zero-order valence-corrected chi connectivity index (χ0v) is 17.6. The quantitative estimate of drug-likeness (QED) is 0.751. The topological polar surface area (TPSA) is 75.7 Å². The summed E-state index contributed by atoms with van der Waals surface area (Å²) in [6.45, 7) is 2.24. The van der Waals surface area contributed by atoms with Gasteiger partial charge in [-0.05, 0) is 55.2 Å². The number of sulfonamides is 1. The van der Waals surface area contributed by atoms with Gasteiger partial charge in [0.25, 0.3) is 0 Å². The van der Waals surface area contributed by atoms with Crippen molar-refractivity contribution in [3.05, 3.63) is 59.7 Å². The monoisotopic (exact) mass is 438 g/mol. The minimum absolute atomic E-state index is 0.201. The first-order valence-corrected chi connectivity index (χ1v) is 11.5. The van der Waals surface area contributed by atoms with Gasteiger partial charge in [0, 0.05) is 18.2 Å². The van der Waals surface area contributed by atoms with E-state index >= 15 is 0 Å². The molecule has 1 aliphatic heterocycles. The molecule has 162 valence electrons. The zero-order valence-electron chi connectivity index (χ0n) is 16.8. The molecule has 1 fully saturated rings. The van der Waals surface area contributed by atoms with Crippen LogP contribution in [0.25, 0.3) is 11.1 Å². The molecule has 6 nitrogen and oxygen atoms in total. The maximum absolute atomic E-state index is 14.4. The molecular weight excluding hydrogens is 414 g/mol. The van der Waals surface area contributed by atoms with E-state index in [2.05, 4.69) is 4.72 Å². The summed E-state index contributed by atoms with van der Waals surface area (Å²) in [5.74, 6) is -0.970. The van der Waals surface area contributed by atoms with Gasteiger partial charge < -0.3 is 9.64 Å². The fraction of sp³-hybridized carbons (Fsp3) is 0.381. The van der Waals surface area contributed by atoms with Crippen molar-refractivity contribution in [3.8, 4) is 11.1 Å². The third kappa shape index (κ3) is 5.34. The van der Waals surface area contributed by atoms with Gasteiger partial charge in [-0.25, -0.2) is 26.7 Å². The highest BCUT2D eigenvalue weighted by atomic mass is 32.2. The first-order chi connectivity index (χ1) is 14.2. The second-order valence-corrected chi connectivity index (χ2v) is 9.05. The number of hydrogen-bond donors (Lipinski definition) is 1. The van der Waals surface area contributed by atoms with Gasteiger partial charge in [-0.2, -0.15) is 0 Å². The molecule has 1 heterocycles. The highest BCUT2D eigenvalue weighted by Crippen LogP contribution is 2.28. The van der Waals surface area contributed by atoms with Crippen molar-refractivity contribution in [2.45, 2.75) is 31.8 Å². The van der Waals surface area contributed by atoms with E-state index in [1.165, 1.54) is 29.2 Å². The Morgan fingerprint density at radius 2 is 2.00 bits per heavy atom.